The molecule has 0 aromatic heterocycles. The summed E-state index contributed by atoms with van der Waals surface area (Å²) in [5.41, 5.74) is 11.8. The zero-order chi connectivity index (χ0) is 24.9. The van der Waals surface area contributed by atoms with Crippen LogP contribution in [-0.2, 0) is 5.41 Å². The first kappa shape index (κ1) is 21.8. The monoisotopic (exact) mass is 472 g/mol. The smallest absolute Gasteiger partial charge is 0.0604 e. The van der Waals surface area contributed by atoms with Crippen LogP contribution in [0.5, 0.6) is 0 Å². The van der Waals surface area contributed by atoms with Gasteiger partial charge in [-0.2, -0.15) is 0 Å². The van der Waals surface area contributed by atoms with Gasteiger partial charge < -0.3 is 0 Å². The van der Waals surface area contributed by atoms with E-state index in [1.807, 2.05) is 0 Å². The Morgan fingerprint density at radius 2 is 0.595 bits per heavy atom. The average molecular weight is 473 g/mol. The third kappa shape index (κ3) is 2.84. The second-order valence-electron chi connectivity index (χ2n) is 10.2. The molecule has 0 atom stereocenters. The van der Waals surface area contributed by atoms with Gasteiger partial charge in [-0.15, -0.1) is 0 Å². The average Bonchev–Trinajstić information content (AvgIpc) is 2.98. The molecule has 0 bridgehead atoms. The molecule has 0 heteroatoms. The Kier molecular flexibility index (Phi) is 4.91. The van der Waals surface area contributed by atoms with Crippen molar-refractivity contribution in [2.75, 3.05) is 0 Å². The molecule has 2 aliphatic carbocycles. The van der Waals surface area contributed by atoms with Gasteiger partial charge in [0.2, 0.25) is 0 Å². The highest BCUT2D eigenvalue weighted by molar-refractivity contribution is 6.29. The van der Waals surface area contributed by atoms with Crippen molar-refractivity contribution in [2.24, 2.45) is 5.41 Å². The Balaban J connectivity index is 1.65. The Labute approximate surface area is 219 Å². The van der Waals surface area contributed by atoms with Crippen LogP contribution in [0.2, 0.25) is 0 Å². The van der Waals surface area contributed by atoms with Crippen molar-refractivity contribution in [2.45, 2.75) is 12.3 Å². The molecule has 2 aliphatic rings. The molecular formula is C37H28. The molecule has 5 aromatic rings. The maximum Gasteiger partial charge on any atom is 0.0604 e. The fourth-order valence-corrected chi connectivity index (χ4v) is 7.15. The molecule has 0 radical (unpaired) electrons. The minimum Gasteiger partial charge on any atom is -0.0622 e. The Hall–Kier alpha value is -4.42. The molecule has 0 heterocycles. The third-order valence-corrected chi connectivity index (χ3v) is 8.46. The fourth-order valence-electron chi connectivity index (χ4n) is 7.15. The highest BCUT2D eigenvalue weighted by atomic mass is 14.7. The van der Waals surface area contributed by atoms with Gasteiger partial charge in [0.05, 0.1) is 5.41 Å². The van der Waals surface area contributed by atoms with Gasteiger partial charge in [0, 0.05) is 5.41 Å². The lowest BCUT2D eigenvalue weighted by Gasteiger charge is -2.70. The van der Waals surface area contributed by atoms with Crippen LogP contribution in [0.3, 0.4) is 0 Å². The lowest BCUT2D eigenvalue weighted by atomic mass is 9.30. The first-order valence-electron chi connectivity index (χ1n) is 13.1. The van der Waals surface area contributed by atoms with Gasteiger partial charge in [-0.1, -0.05) is 152 Å². The number of fused-ring (bicyclic) bond motifs is 1. The van der Waals surface area contributed by atoms with Crippen molar-refractivity contribution in [3.8, 4) is 0 Å². The van der Waals surface area contributed by atoms with Crippen LogP contribution in [-0.4, -0.2) is 0 Å². The summed E-state index contributed by atoms with van der Waals surface area (Å²) in [7, 11) is 0. The normalized spacial score (nSPS) is 22.2. The molecule has 0 unspecified atom stereocenters. The van der Waals surface area contributed by atoms with Crippen LogP contribution >= 0.6 is 0 Å². The Bertz CT molecular complexity index is 1520. The molecule has 176 valence electrons. The maximum absolute atomic E-state index is 2.48. The van der Waals surface area contributed by atoms with Gasteiger partial charge in [0.15, 0.2) is 0 Å². The topological polar surface area (TPSA) is 0 Å². The zero-order valence-corrected chi connectivity index (χ0v) is 20.9. The van der Waals surface area contributed by atoms with Crippen molar-refractivity contribution >= 4 is 22.3 Å². The van der Waals surface area contributed by atoms with E-state index in [2.05, 4.69) is 159 Å². The van der Waals surface area contributed by atoms with E-state index in [-0.39, 0.29) is 10.8 Å². The molecule has 5 aromatic carbocycles. The molecule has 0 N–H and O–H groups in total. The number of hydrogen-bond donors (Lipinski definition) is 0. The lowest BCUT2D eigenvalue weighted by molar-refractivity contribution is 0.374. The van der Waals surface area contributed by atoms with Gasteiger partial charge in [-0.05, 0) is 57.0 Å². The summed E-state index contributed by atoms with van der Waals surface area (Å²) < 4.78 is 0. The highest BCUT2D eigenvalue weighted by Gasteiger charge is 2.73. The summed E-state index contributed by atoms with van der Waals surface area (Å²) in [5, 5.41) is 0. The van der Waals surface area contributed by atoms with Crippen molar-refractivity contribution in [3.05, 3.63) is 179 Å². The molecule has 7 rings (SSSR count). The molecule has 0 spiro atoms. The van der Waals surface area contributed by atoms with E-state index in [1.54, 1.807) is 0 Å². The molecule has 0 saturated carbocycles. The Morgan fingerprint density at radius 3 is 0.919 bits per heavy atom. The van der Waals surface area contributed by atoms with Crippen LogP contribution in [0.15, 0.2) is 152 Å². The van der Waals surface area contributed by atoms with Gasteiger partial charge in [-0.3, -0.25) is 0 Å². The van der Waals surface area contributed by atoms with Crippen molar-refractivity contribution in [1.82, 2.24) is 0 Å². The second-order valence-corrected chi connectivity index (χ2v) is 10.2. The first-order valence-corrected chi connectivity index (χ1v) is 13.1. The van der Waals surface area contributed by atoms with Crippen molar-refractivity contribution < 1.29 is 0 Å². The van der Waals surface area contributed by atoms with Gasteiger partial charge >= 0.3 is 0 Å². The third-order valence-electron chi connectivity index (χ3n) is 8.46. The SMILES string of the molecule is CC12C(c3ccccc3)=C(c3ccccc3)C1(c1ccccc1)C(c1ccccc1)=C2c1ccccc1. The summed E-state index contributed by atoms with van der Waals surface area (Å²) in [6, 6.07) is 55.2. The van der Waals surface area contributed by atoms with Crippen LogP contribution in [0.1, 0.15) is 34.7 Å². The minimum absolute atomic E-state index is 0.187. The van der Waals surface area contributed by atoms with E-state index < -0.39 is 0 Å². The lowest BCUT2D eigenvalue weighted by Crippen LogP contribution is -2.62. The van der Waals surface area contributed by atoms with E-state index >= 15 is 0 Å². The zero-order valence-electron chi connectivity index (χ0n) is 20.9. The number of hydrogen-bond acceptors (Lipinski definition) is 0. The predicted molar refractivity (Wildman–Crippen MR) is 156 cm³/mol. The van der Waals surface area contributed by atoms with Crippen molar-refractivity contribution in [1.29, 1.82) is 0 Å². The van der Waals surface area contributed by atoms with Gasteiger partial charge in [0.25, 0.3) is 0 Å². The number of rotatable bonds is 5. The van der Waals surface area contributed by atoms with Crippen molar-refractivity contribution in [3.63, 3.8) is 0 Å². The van der Waals surface area contributed by atoms with E-state index in [4.69, 9.17) is 0 Å². The molecule has 37 heavy (non-hydrogen) atoms. The van der Waals surface area contributed by atoms with E-state index in [0.717, 1.165) is 0 Å². The van der Waals surface area contributed by atoms with Crippen LogP contribution in [0.25, 0.3) is 22.3 Å². The summed E-state index contributed by atoms with van der Waals surface area (Å²) in [6.07, 6.45) is 0. The molecular weight excluding hydrogens is 444 g/mol. The number of benzene rings is 5. The minimum atomic E-state index is -0.257. The molecule has 0 aliphatic heterocycles. The largest absolute Gasteiger partial charge is 0.0622 e. The van der Waals surface area contributed by atoms with Crippen LogP contribution in [0, 0.1) is 5.41 Å². The second kappa shape index (κ2) is 8.32. The number of allylic oxidation sites excluding steroid dienone is 4. The molecule has 0 fully saturated rings. The standard InChI is InChI=1S/C37H28/c1-36-32(27-17-7-2-8-18-27)34(29-21-11-4-12-22-29)37(36,31-25-15-6-16-26-31)35(30-23-13-5-14-24-30)33(36)28-19-9-3-10-20-28/h2-26H,1H3. The predicted octanol–water partition coefficient (Wildman–Crippen LogP) is 9.18. The molecule has 0 amide bonds. The summed E-state index contributed by atoms with van der Waals surface area (Å²) >= 11 is 0. The van der Waals surface area contributed by atoms with E-state index in [9.17, 15) is 0 Å². The summed E-state index contributed by atoms with van der Waals surface area (Å²) in [4.78, 5) is 0. The maximum atomic E-state index is 2.48. The van der Waals surface area contributed by atoms with Crippen LogP contribution in [0.4, 0.5) is 0 Å². The summed E-state index contributed by atoms with van der Waals surface area (Å²) in [5.74, 6) is 0. The molecule has 0 saturated heterocycles. The van der Waals surface area contributed by atoms with E-state index in [1.165, 1.54) is 50.1 Å². The highest BCUT2D eigenvalue weighted by Crippen LogP contribution is 2.84. The quantitative estimate of drug-likeness (QED) is 0.239. The fraction of sp³-hybridized carbons (Fsp3) is 0.0811. The molecule has 0 nitrogen and oxygen atoms in total. The van der Waals surface area contributed by atoms with Crippen LogP contribution < -0.4 is 0 Å². The Morgan fingerprint density at radius 1 is 0.324 bits per heavy atom. The van der Waals surface area contributed by atoms with E-state index in [0.29, 0.717) is 0 Å². The van der Waals surface area contributed by atoms with Gasteiger partial charge in [0.1, 0.15) is 0 Å². The van der Waals surface area contributed by atoms with Gasteiger partial charge in [-0.25, -0.2) is 0 Å². The summed E-state index contributed by atoms with van der Waals surface area (Å²) in [6.45, 7) is 2.48. The first-order chi connectivity index (χ1) is 18.3.